The molecule has 1 aromatic carbocycles. The van der Waals surface area contributed by atoms with Crippen molar-refractivity contribution in [3.05, 3.63) is 28.3 Å². The maximum Gasteiger partial charge on any atom is 0.315 e. The monoisotopic (exact) mass is 249 g/mol. The quantitative estimate of drug-likeness (QED) is 0.506. The van der Waals surface area contributed by atoms with E-state index in [1.807, 2.05) is 11.9 Å². The number of rotatable bonds is 4. The summed E-state index contributed by atoms with van der Waals surface area (Å²) < 4.78 is 0. The van der Waals surface area contributed by atoms with Gasteiger partial charge >= 0.3 is 5.69 Å². The van der Waals surface area contributed by atoms with Gasteiger partial charge in [-0.2, -0.15) is 0 Å². The average Bonchev–Trinajstić information content (AvgIpc) is 2.80. The standard InChI is InChI=1S/C13H19N3O2/c1-15(9-10-5-2-3-6-10)12-8-4-7-11(14)13(12)16(17)18/h4,7-8,10H,2-3,5-6,9,14H2,1H3. The van der Waals surface area contributed by atoms with Gasteiger partial charge in [-0.15, -0.1) is 0 Å². The smallest absolute Gasteiger partial charge is 0.315 e. The number of nitro benzene ring substituents is 1. The van der Waals surface area contributed by atoms with Crippen molar-refractivity contribution in [1.29, 1.82) is 0 Å². The van der Waals surface area contributed by atoms with Crippen molar-refractivity contribution in [2.75, 3.05) is 24.2 Å². The van der Waals surface area contributed by atoms with Crippen LogP contribution in [0.2, 0.25) is 0 Å². The topological polar surface area (TPSA) is 72.4 Å². The Morgan fingerprint density at radius 1 is 1.44 bits per heavy atom. The van der Waals surface area contributed by atoms with E-state index in [0.29, 0.717) is 11.6 Å². The van der Waals surface area contributed by atoms with E-state index in [2.05, 4.69) is 0 Å². The van der Waals surface area contributed by atoms with Crippen molar-refractivity contribution < 1.29 is 4.92 Å². The molecule has 1 aromatic rings. The van der Waals surface area contributed by atoms with E-state index in [4.69, 9.17) is 5.73 Å². The van der Waals surface area contributed by atoms with Crippen LogP contribution in [0, 0.1) is 16.0 Å². The zero-order chi connectivity index (χ0) is 13.1. The second-order valence-electron chi connectivity index (χ2n) is 5.00. The van der Waals surface area contributed by atoms with Gasteiger partial charge in [0.2, 0.25) is 0 Å². The molecule has 0 spiro atoms. The predicted molar refractivity (Wildman–Crippen MR) is 72.7 cm³/mol. The van der Waals surface area contributed by atoms with Crippen molar-refractivity contribution in [3.8, 4) is 0 Å². The lowest BCUT2D eigenvalue weighted by Crippen LogP contribution is -2.24. The number of nitrogen functional groups attached to an aromatic ring is 1. The van der Waals surface area contributed by atoms with Crippen molar-refractivity contribution in [2.24, 2.45) is 5.92 Å². The van der Waals surface area contributed by atoms with Gasteiger partial charge in [-0.25, -0.2) is 0 Å². The second-order valence-corrected chi connectivity index (χ2v) is 5.00. The second kappa shape index (κ2) is 5.25. The molecule has 2 rings (SSSR count). The van der Waals surface area contributed by atoms with Crippen LogP contribution in [0.1, 0.15) is 25.7 Å². The van der Waals surface area contributed by atoms with Gasteiger partial charge in [0.05, 0.1) is 4.92 Å². The van der Waals surface area contributed by atoms with E-state index in [0.717, 1.165) is 6.54 Å². The molecule has 1 aliphatic rings. The third kappa shape index (κ3) is 2.55. The van der Waals surface area contributed by atoms with E-state index in [1.165, 1.54) is 25.7 Å². The first-order valence-corrected chi connectivity index (χ1v) is 6.33. The molecule has 0 atom stereocenters. The van der Waals surface area contributed by atoms with Gasteiger partial charge in [0.25, 0.3) is 0 Å². The van der Waals surface area contributed by atoms with Crippen molar-refractivity contribution in [1.82, 2.24) is 0 Å². The number of nitro groups is 1. The Kier molecular flexibility index (Phi) is 3.69. The molecule has 5 nitrogen and oxygen atoms in total. The van der Waals surface area contributed by atoms with Gasteiger partial charge in [-0.3, -0.25) is 10.1 Å². The van der Waals surface area contributed by atoms with Crippen LogP contribution in [-0.4, -0.2) is 18.5 Å². The van der Waals surface area contributed by atoms with E-state index in [9.17, 15) is 10.1 Å². The van der Waals surface area contributed by atoms with Crippen LogP contribution in [0.25, 0.3) is 0 Å². The van der Waals surface area contributed by atoms with Crippen LogP contribution in [-0.2, 0) is 0 Å². The molecule has 18 heavy (non-hydrogen) atoms. The molecule has 0 unspecified atom stereocenters. The highest BCUT2D eigenvalue weighted by Gasteiger charge is 2.23. The highest BCUT2D eigenvalue weighted by atomic mass is 16.6. The first-order valence-electron chi connectivity index (χ1n) is 6.33. The number of para-hydroxylation sites is 1. The molecule has 0 heterocycles. The minimum absolute atomic E-state index is 0.0259. The maximum absolute atomic E-state index is 11.1. The molecule has 1 fully saturated rings. The average molecular weight is 249 g/mol. The third-order valence-electron chi connectivity index (χ3n) is 3.65. The number of anilines is 2. The number of hydrogen-bond donors (Lipinski definition) is 1. The summed E-state index contributed by atoms with van der Waals surface area (Å²) in [7, 11) is 1.90. The summed E-state index contributed by atoms with van der Waals surface area (Å²) in [6.07, 6.45) is 5.00. The fraction of sp³-hybridized carbons (Fsp3) is 0.538. The summed E-state index contributed by atoms with van der Waals surface area (Å²) >= 11 is 0. The summed E-state index contributed by atoms with van der Waals surface area (Å²) in [6, 6.07) is 5.11. The van der Waals surface area contributed by atoms with Crippen LogP contribution in [0.3, 0.4) is 0 Å². The Hall–Kier alpha value is -1.78. The highest BCUT2D eigenvalue weighted by molar-refractivity contribution is 5.75. The first kappa shape index (κ1) is 12.7. The molecule has 98 valence electrons. The van der Waals surface area contributed by atoms with Gasteiger partial charge in [0.1, 0.15) is 11.4 Å². The summed E-state index contributed by atoms with van der Waals surface area (Å²) in [5.74, 6) is 0.649. The Morgan fingerprint density at radius 3 is 2.72 bits per heavy atom. The first-order chi connectivity index (χ1) is 8.59. The van der Waals surface area contributed by atoms with Crippen molar-refractivity contribution >= 4 is 17.1 Å². The van der Waals surface area contributed by atoms with E-state index in [-0.39, 0.29) is 11.4 Å². The molecule has 2 N–H and O–H groups in total. The fourth-order valence-corrected chi connectivity index (χ4v) is 2.73. The molecule has 0 amide bonds. The fourth-order valence-electron chi connectivity index (χ4n) is 2.73. The normalized spacial score (nSPS) is 15.8. The Labute approximate surface area is 107 Å². The number of benzene rings is 1. The lowest BCUT2D eigenvalue weighted by atomic mass is 10.1. The summed E-state index contributed by atoms with van der Waals surface area (Å²) in [6.45, 7) is 0.865. The Morgan fingerprint density at radius 2 is 2.11 bits per heavy atom. The van der Waals surface area contributed by atoms with Gasteiger partial charge in [-0.05, 0) is 30.9 Å². The van der Waals surface area contributed by atoms with Crippen LogP contribution in [0.5, 0.6) is 0 Å². The molecule has 1 aliphatic carbocycles. The summed E-state index contributed by atoms with van der Waals surface area (Å²) in [5, 5.41) is 11.1. The minimum atomic E-state index is -0.393. The summed E-state index contributed by atoms with van der Waals surface area (Å²) in [4.78, 5) is 12.7. The predicted octanol–water partition coefficient (Wildman–Crippen LogP) is 2.80. The zero-order valence-corrected chi connectivity index (χ0v) is 10.6. The van der Waals surface area contributed by atoms with Gasteiger partial charge in [0.15, 0.2) is 0 Å². The third-order valence-corrected chi connectivity index (χ3v) is 3.65. The van der Waals surface area contributed by atoms with E-state index >= 15 is 0 Å². The minimum Gasteiger partial charge on any atom is -0.393 e. The molecular formula is C13H19N3O2. The van der Waals surface area contributed by atoms with E-state index < -0.39 is 4.92 Å². The van der Waals surface area contributed by atoms with Gasteiger partial charge in [0, 0.05) is 13.6 Å². The Balaban J connectivity index is 2.20. The number of nitrogens with zero attached hydrogens (tertiary/aromatic N) is 2. The zero-order valence-electron chi connectivity index (χ0n) is 10.6. The number of hydrogen-bond acceptors (Lipinski definition) is 4. The molecule has 0 saturated heterocycles. The number of nitrogens with two attached hydrogens (primary N) is 1. The maximum atomic E-state index is 11.1. The lowest BCUT2D eigenvalue weighted by molar-refractivity contribution is -0.383. The van der Waals surface area contributed by atoms with Crippen LogP contribution in [0.4, 0.5) is 17.1 Å². The molecule has 0 aliphatic heterocycles. The molecule has 1 saturated carbocycles. The Bertz CT molecular complexity index is 442. The molecule has 5 heteroatoms. The van der Waals surface area contributed by atoms with Crippen LogP contribution in [0.15, 0.2) is 18.2 Å². The van der Waals surface area contributed by atoms with Crippen molar-refractivity contribution in [2.45, 2.75) is 25.7 Å². The van der Waals surface area contributed by atoms with Gasteiger partial charge in [-0.1, -0.05) is 18.9 Å². The molecular weight excluding hydrogens is 230 g/mol. The van der Waals surface area contributed by atoms with Crippen LogP contribution < -0.4 is 10.6 Å². The largest absolute Gasteiger partial charge is 0.393 e. The summed E-state index contributed by atoms with van der Waals surface area (Å²) in [5.41, 5.74) is 6.58. The SMILES string of the molecule is CN(CC1CCCC1)c1cccc(N)c1[N+](=O)[O-]. The molecule has 0 aromatic heterocycles. The molecule has 0 radical (unpaired) electrons. The van der Waals surface area contributed by atoms with Gasteiger partial charge < -0.3 is 10.6 Å². The highest BCUT2D eigenvalue weighted by Crippen LogP contribution is 2.34. The molecule has 0 bridgehead atoms. The lowest BCUT2D eigenvalue weighted by Gasteiger charge is -2.23. The van der Waals surface area contributed by atoms with Crippen LogP contribution >= 0.6 is 0 Å². The van der Waals surface area contributed by atoms with Crippen molar-refractivity contribution in [3.63, 3.8) is 0 Å². The van der Waals surface area contributed by atoms with E-state index in [1.54, 1.807) is 18.2 Å².